The molecule has 1 unspecified atom stereocenters. The van der Waals surface area contributed by atoms with E-state index in [1.807, 2.05) is 43.0 Å². The first-order valence-electron chi connectivity index (χ1n) is 11.1. The first kappa shape index (κ1) is 21.1. The summed E-state index contributed by atoms with van der Waals surface area (Å²) < 4.78 is 5.60. The molecule has 0 N–H and O–H groups in total. The van der Waals surface area contributed by atoms with Gasteiger partial charge in [0, 0.05) is 65.1 Å². The molecule has 0 amide bonds. The van der Waals surface area contributed by atoms with Gasteiger partial charge in [-0.25, -0.2) is 0 Å². The normalized spacial score (nSPS) is 15.9. The summed E-state index contributed by atoms with van der Waals surface area (Å²) in [5, 5.41) is 11.1. The summed E-state index contributed by atoms with van der Waals surface area (Å²) in [5.41, 5.74) is 7.28. The van der Waals surface area contributed by atoms with Crippen molar-refractivity contribution in [3.63, 3.8) is 0 Å². The van der Waals surface area contributed by atoms with Crippen LogP contribution < -0.4 is 5.01 Å². The smallest absolute Gasteiger partial charge is 0.142 e. The van der Waals surface area contributed by atoms with Gasteiger partial charge in [-0.05, 0) is 36.2 Å². The van der Waals surface area contributed by atoms with E-state index in [-0.39, 0.29) is 11.3 Å². The molecule has 166 valence electrons. The lowest BCUT2D eigenvalue weighted by atomic mass is 9.92. The first-order chi connectivity index (χ1) is 15.9. The summed E-state index contributed by atoms with van der Waals surface area (Å²) in [4.78, 5) is 8.69. The molecule has 1 aliphatic rings. The van der Waals surface area contributed by atoms with E-state index in [0.717, 1.165) is 45.9 Å². The van der Waals surface area contributed by atoms with Crippen molar-refractivity contribution in [2.75, 3.05) is 11.6 Å². The molecule has 4 aromatic rings. The van der Waals surface area contributed by atoms with Crippen molar-refractivity contribution in [2.45, 2.75) is 39.0 Å². The van der Waals surface area contributed by atoms with Crippen LogP contribution in [-0.4, -0.2) is 27.9 Å². The molecule has 3 aromatic heterocycles. The Hall–Kier alpha value is -3.80. The molecule has 0 aliphatic carbocycles. The second-order valence-electron chi connectivity index (χ2n) is 9.53. The second-order valence-corrected chi connectivity index (χ2v) is 9.53. The van der Waals surface area contributed by atoms with Gasteiger partial charge in [0.05, 0.1) is 12.2 Å². The van der Waals surface area contributed by atoms with E-state index in [4.69, 9.17) is 9.62 Å². The number of aryl methyl sites for hydroxylation is 1. The van der Waals surface area contributed by atoms with E-state index < -0.39 is 0 Å². The standard InChI is InChI=1S/C27H27N5O/c1-18-7-8-19(24-12-26(33-31-24)27(2,3)4)11-25(18)32-17-23(16-30-32)22-10-21(14-29-15-22)20-6-5-9-28-13-20/h5-16,23H,17H2,1-4H3. The highest BCUT2D eigenvalue weighted by atomic mass is 16.5. The van der Waals surface area contributed by atoms with Gasteiger partial charge in [-0.15, -0.1) is 0 Å². The fraction of sp³-hybridized carbons (Fsp3) is 0.259. The number of rotatable bonds is 4. The fourth-order valence-electron chi connectivity index (χ4n) is 3.96. The minimum Gasteiger partial charge on any atom is -0.360 e. The average molecular weight is 438 g/mol. The van der Waals surface area contributed by atoms with Crippen molar-refractivity contribution in [1.82, 2.24) is 15.1 Å². The van der Waals surface area contributed by atoms with Gasteiger partial charge in [-0.1, -0.05) is 44.1 Å². The molecular formula is C27H27N5O. The van der Waals surface area contributed by atoms with Crippen LogP contribution in [0.4, 0.5) is 5.69 Å². The Morgan fingerprint density at radius 3 is 2.55 bits per heavy atom. The lowest BCUT2D eigenvalue weighted by molar-refractivity contribution is 0.330. The predicted octanol–water partition coefficient (Wildman–Crippen LogP) is 5.99. The fourth-order valence-corrected chi connectivity index (χ4v) is 3.96. The number of anilines is 1. The Morgan fingerprint density at radius 1 is 0.939 bits per heavy atom. The number of nitrogens with zero attached hydrogens (tertiary/aromatic N) is 5. The van der Waals surface area contributed by atoms with Gasteiger partial charge in [0.15, 0.2) is 0 Å². The maximum absolute atomic E-state index is 5.60. The van der Waals surface area contributed by atoms with Crippen LogP contribution in [0, 0.1) is 6.92 Å². The first-order valence-corrected chi connectivity index (χ1v) is 11.1. The zero-order valence-corrected chi connectivity index (χ0v) is 19.4. The van der Waals surface area contributed by atoms with Crippen LogP contribution in [0.2, 0.25) is 0 Å². The molecule has 5 rings (SSSR count). The van der Waals surface area contributed by atoms with Crippen molar-refractivity contribution >= 4 is 11.9 Å². The van der Waals surface area contributed by atoms with E-state index in [0.29, 0.717) is 0 Å². The van der Waals surface area contributed by atoms with Crippen LogP contribution in [-0.2, 0) is 5.41 Å². The van der Waals surface area contributed by atoms with Crippen LogP contribution in [0.5, 0.6) is 0 Å². The van der Waals surface area contributed by atoms with E-state index >= 15 is 0 Å². The highest BCUT2D eigenvalue weighted by molar-refractivity contribution is 5.77. The van der Waals surface area contributed by atoms with Gasteiger partial charge in [0.25, 0.3) is 0 Å². The SMILES string of the molecule is Cc1ccc(-c2cc(C(C)(C)C)on2)cc1N1CC(c2cncc(-c3cccnc3)c2)C=N1. The van der Waals surface area contributed by atoms with E-state index in [1.165, 1.54) is 5.56 Å². The Kier molecular flexibility index (Phi) is 5.29. The molecule has 0 saturated carbocycles. The van der Waals surface area contributed by atoms with Crippen LogP contribution in [0.1, 0.15) is 43.6 Å². The summed E-state index contributed by atoms with van der Waals surface area (Å²) in [6.07, 6.45) is 9.44. The molecule has 33 heavy (non-hydrogen) atoms. The molecule has 0 saturated heterocycles. The molecule has 0 fully saturated rings. The molecule has 6 nitrogen and oxygen atoms in total. The molecule has 6 heteroatoms. The van der Waals surface area contributed by atoms with Crippen LogP contribution in [0.25, 0.3) is 22.4 Å². The van der Waals surface area contributed by atoms with Crippen molar-refractivity contribution in [2.24, 2.45) is 5.10 Å². The lowest BCUT2D eigenvalue weighted by Crippen LogP contribution is -2.17. The monoisotopic (exact) mass is 437 g/mol. The molecule has 0 radical (unpaired) electrons. The zero-order valence-electron chi connectivity index (χ0n) is 19.4. The maximum Gasteiger partial charge on any atom is 0.142 e. The number of benzene rings is 1. The van der Waals surface area contributed by atoms with Gasteiger partial charge in [0.1, 0.15) is 11.5 Å². The second kappa shape index (κ2) is 8.28. The molecule has 1 atom stereocenters. The maximum atomic E-state index is 5.60. The molecular weight excluding hydrogens is 410 g/mol. The van der Waals surface area contributed by atoms with Crippen LogP contribution >= 0.6 is 0 Å². The van der Waals surface area contributed by atoms with Crippen LogP contribution in [0.3, 0.4) is 0 Å². The predicted molar refractivity (Wildman–Crippen MR) is 131 cm³/mol. The lowest BCUT2D eigenvalue weighted by Gasteiger charge is -2.19. The van der Waals surface area contributed by atoms with Gasteiger partial charge in [-0.2, -0.15) is 5.10 Å². The summed E-state index contributed by atoms with van der Waals surface area (Å²) in [6.45, 7) is 9.23. The molecule has 0 spiro atoms. The topological polar surface area (TPSA) is 67.4 Å². The summed E-state index contributed by atoms with van der Waals surface area (Å²) in [7, 11) is 0. The Bertz CT molecular complexity index is 1300. The minimum absolute atomic E-state index is 0.0797. The molecule has 4 heterocycles. The number of hydrogen-bond donors (Lipinski definition) is 0. The van der Waals surface area contributed by atoms with Gasteiger partial charge in [0.2, 0.25) is 0 Å². The number of hydrazone groups is 1. The van der Waals surface area contributed by atoms with Gasteiger partial charge in [-0.3, -0.25) is 15.0 Å². The van der Waals surface area contributed by atoms with E-state index in [1.54, 1.807) is 6.20 Å². The van der Waals surface area contributed by atoms with Crippen LogP contribution in [0.15, 0.2) is 76.9 Å². The number of aromatic nitrogens is 3. The highest BCUT2D eigenvalue weighted by Crippen LogP contribution is 2.34. The average Bonchev–Trinajstić information content (AvgIpc) is 3.51. The van der Waals surface area contributed by atoms with Crippen molar-refractivity contribution in [3.8, 4) is 22.4 Å². The molecule has 1 aromatic carbocycles. The molecule has 0 bridgehead atoms. The third-order valence-corrected chi connectivity index (χ3v) is 5.97. The third kappa shape index (κ3) is 4.29. The largest absolute Gasteiger partial charge is 0.360 e. The summed E-state index contributed by atoms with van der Waals surface area (Å²) in [6, 6.07) is 14.5. The number of pyridine rings is 2. The quantitative estimate of drug-likeness (QED) is 0.392. The van der Waals surface area contributed by atoms with E-state index in [9.17, 15) is 0 Å². The Labute approximate surface area is 194 Å². The number of hydrogen-bond acceptors (Lipinski definition) is 6. The zero-order chi connectivity index (χ0) is 23.0. The summed E-state index contributed by atoms with van der Waals surface area (Å²) in [5.74, 6) is 1.04. The van der Waals surface area contributed by atoms with Crippen molar-refractivity contribution in [3.05, 3.63) is 84.1 Å². The van der Waals surface area contributed by atoms with Crippen molar-refractivity contribution < 1.29 is 4.52 Å². The third-order valence-electron chi connectivity index (χ3n) is 5.97. The Morgan fingerprint density at radius 2 is 1.79 bits per heavy atom. The Balaban J connectivity index is 1.39. The van der Waals surface area contributed by atoms with Gasteiger partial charge < -0.3 is 4.52 Å². The van der Waals surface area contributed by atoms with Gasteiger partial charge >= 0.3 is 0 Å². The highest BCUT2D eigenvalue weighted by Gasteiger charge is 2.24. The van der Waals surface area contributed by atoms with E-state index in [2.05, 4.69) is 72.1 Å². The van der Waals surface area contributed by atoms with Crippen molar-refractivity contribution in [1.29, 1.82) is 0 Å². The minimum atomic E-state index is -0.0797. The summed E-state index contributed by atoms with van der Waals surface area (Å²) >= 11 is 0. The molecule has 1 aliphatic heterocycles.